The van der Waals surface area contributed by atoms with E-state index < -0.39 is 5.97 Å². The van der Waals surface area contributed by atoms with E-state index in [-0.39, 0.29) is 0 Å². The first-order chi connectivity index (χ1) is 9.56. The molecule has 1 aromatic carbocycles. The van der Waals surface area contributed by atoms with Gasteiger partial charge in [-0.25, -0.2) is 4.79 Å². The number of benzene rings is 1. The molecule has 1 aromatic heterocycles. The molecule has 0 aliphatic heterocycles. The molecule has 0 fully saturated rings. The van der Waals surface area contributed by atoms with Crippen LogP contribution < -0.4 is 4.74 Å². The average molecular weight is 273 g/mol. The third kappa shape index (κ3) is 3.47. The summed E-state index contributed by atoms with van der Waals surface area (Å²) in [5.74, 6) is -0.174. The normalized spacial score (nSPS) is 10.9. The van der Waals surface area contributed by atoms with Crippen LogP contribution >= 0.6 is 0 Å². The zero-order valence-electron chi connectivity index (χ0n) is 11.3. The first-order valence-electron chi connectivity index (χ1n) is 6.09. The maximum atomic E-state index is 10.5. The minimum absolute atomic E-state index is 0.384. The molecule has 0 atom stereocenters. The van der Waals surface area contributed by atoms with Crippen LogP contribution in [0, 0.1) is 13.8 Å². The van der Waals surface area contributed by atoms with Crippen LogP contribution in [0.3, 0.4) is 0 Å². The summed E-state index contributed by atoms with van der Waals surface area (Å²) in [6.45, 7) is 4.23. The van der Waals surface area contributed by atoms with Crippen LogP contribution in [0.25, 0.3) is 6.08 Å². The summed E-state index contributed by atoms with van der Waals surface area (Å²) >= 11 is 0. The first kappa shape index (κ1) is 13.9. The smallest absolute Gasteiger partial charge is 0.328 e. The second-order valence-corrected chi connectivity index (χ2v) is 4.48. The molecule has 5 nitrogen and oxygen atoms in total. The largest absolute Gasteiger partial charge is 0.488 e. The molecule has 0 bridgehead atoms. The Labute approximate surface area is 116 Å². The van der Waals surface area contributed by atoms with Gasteiger partial charge in [-0.2, -0.15) is 0 Å². The fourth-order valence-corrected chi connectivity index (χ4v) is 1.93. The van der Waals surface area contributed by atoms with Crippen molar-refractivity contribution in [1.29, 1.82) is 0 Å². The van der Waals surface area contributed by atoms with E-state index in [0.29, 0.717) is 6.61 Å². The molecule has 20 heavy (non-hydrogen) atoms. The van der Waals surface area contributed by atoms with E-state index in [0.717, 1.165) is 34.1 Å². The number of aryl methyl sites for hydroxylation is 2. The highest BCUT2D eigenvalue weighted by atomic mass is 16.5. The Morgan fingerprint density at radius 1 is 1.40 bits per heavy atom. The van der Waals surface area contributed by atoms with Crippen molar-refractivity contribution in [1.82, 2.24) is 5.16 Å². The van der Waals surface area contributed by atoms with Crippen LogP contribution in [0.5, 0.6) is 5.75 Å². The molecule has 0 aliphatic rings. The summed E-state index contributed by atoms with van der Waals surface area (Å²) < 4.78 is 10.5. The molecule has 2 rings (SSSR count). The SMILES string of the molecule is Cc1cc(/C=C/C(=O)O)cc(C)c1OCc1cnoc1. The molecule has 0 radical (unpaired) electrons. The van der Waals surface area contributed by atoms with Crippen molar-refractivity contribution in [3.63, 3.8) is 0 Å². The zero-order valence-corrected chi connectivity index (χ0v) is 11.3. The number of ether oxygens (including phenoxy) is 1. The number of carbonyl (C=O) groups is 1. The molecule has 0 saturated carbocycles. The molecule has 0 unspecified atom stereocenters. The van der Waals surface area contributed by atoms with E-state index in [4.69, 9.17) is 14.4 Å². The number of aromatic nitrogens is 1. The van der Waals surface area contributed by atoms with Gasteiger partial charge in [0.1, 0.15) is 18.6 Å². The van der Waals surface area contributed by atoms with E-state index in [1.807, 2.05) is 26.0 Å². The van der Waals surface area contributed by atoms with Crippen molar-refractivity contribution in [3.05, 3.63) is 52.9 Å². The van der Waals surface area contributed by atoms with E-state index in [9.17, 15) is 4.79 Å². The van der Waals surface area contributed by atoms with Gasteiger partial charge in [-0.05, 0) is 48.7 Å². The molecule has 0 saturated heterocycles. The molecular formula is C15H15NO4. The Bertz CT molecular complexity index is 606. The lowest BCUT2D eigenvalue weighted by molar-refractivity contribution is -0.131. The van der Waals surface area contributed by atoms with Crippen LogP contribution in [-0.2, 0) is 11.4 Å². The lowest BCUT2D eigenvalue weighted by atomic mass is 10.1. The Kier molecular flexibility index (Phi) is 4.20. The Hall–Kier alpha value is -2.56. The van der Waals surface area contributed by atoms with Gasteiger partial charge in [-0.15, -0.1) is 0 Å². The molecule has 1 heterocycles. The number of carboxylic acids is 1. The summed E-state index contributed by atoms with van der Waals surface area (Å²) in [6.07, 6.45) is 5.82. The van der Waals surface area contributed by atoms with Crippen molar-refractivity contribution >= 4 is 12.0 Å². The summed E-state index contributed by atoms with van der Waals surface area (Å²) in [5.41, 5.74) is 3.59. The van der Waals surface area contributed by atoms with Crippen LogP contribution in [0.1, 0.15) is 22.3 Å². The van der Waals surface area contributed by atoms with E-state index in [2.05, 4.69) is 5.16 Å². The topological polar surface area (TPSA) is 72.6 Å². The highest BCUT2D eigenvalue weighted by Gasteiger charge is 2.07. The average Bonchev–Trinajstić information content (AvgIpc) is 2.88. The molecule has 0 spiro atoms. The third-order valence-electron chi connectivity index (χ3n) is 2.77. The van der Waals surface area contributed by atoms with Gasteiger partial charge in [0.05, 0.1) is 6.20 Å². The van der Waals surface area contributed by atoms with Gasteiger partial charge in [0.15, 0.2) is 0 Å². The number of hydrogen-bond donors (Lipinski definition) is 1. The van der Waals surface area contributed by atoms with Gasteiger partial charge in [-0.3, -0.25) is 0 Å². The quantitative estimate of drug-likeness (QED) is 0.848. The van der Waals surface area contributed by atoms with Gasteiger partial charge >= 0.3 is 5.97 Å². The number of carboxylic acid groups (broad SMARTS) is 1. The summed E-state index contributed by atoms with van der Waals surface area (Å²) in [4.78, 5) is 10.5. The molecule has 104 valence electrons. The predicted octanol–water partition coefficient (Wildman–Crippen LogP) is 2.97. The highest BCUT2D eigenvalue weighted by Crippen LogP contribution is 2.26. The van der Waals surface area contributed by atoms with Crippen LogP contribution in [0.15, 0.2) is 35.2 Å². The predicted molar refractivity (Wildman–Crippen MR) is 73.4 cm³/mol. The molecule has 1 N–H and O–H groups in total. The highest BCUT2D eigenvalue weighted by molar-refractivity contribution is 5.85. The standard InChI is InChI=1S/C15H15NO4/c1-10-5-12(3-4-14(17)18)6-11(2)15(10)19-8-13-7-16-20-9-13/h3-7,9H,8H2,1-2H3,(H,17,18)/b4-3+. The van der Waals surface area contributed by atoms with Gasteiger partial charge in [0.25, 0.3) is 0 Å². The second-order valence-electron chi connectivity index (χ2n) is 4.48. The summed E-state index contributed by atoms with van der Waals surface area (Å²) in [6, 6.07) is 3.77. The van der Waals surface area contributed by atoms with Crippen molar-refractivity contribution in [2.45, 2.75) is 20.5 Å². The van der Waals surface area contributed by atoms with Gasteiger partial charge in [0.2, 0.25) is 0 Å². The van der Waals surface area contributed by atoms with E-state index >= 15 is 0 Å². The molecule has 5 heteroatoms. The van der Waals surface area contributed by atoms with E-state index in [1.54, 1.807) is 12.3 Å². The van der Waals surface area contributed by atoms with Gasteiger partial charge in [-0.1, -0.05) is 5.16 Å². The number of hydrogen-bond acceptors (Lipinski definition) is 4. The number of nitrogens with zero attached hydrogens (tertiary/aromatic N) is 1. The van der Waals surface area contributed by atoms with Crippen molar-refractivity contribution in [2.75, 3.05) is 0 Å². The molecular weight excluding hydrogens is 258 g/mol. The zero-order chi connectivity index (χ0) is 14.5. The maximum absolute atomic E-state index is 10.5. The monoisotopic (exact) mass is 273 g/mol. The molecule has 2 aromatic rings. The van der Waals surface area contributed by atoms with Gasteiger partial charge < -0.3 is 14.4 Å². The number of aliphatic carboxylic acids is 1. The van der Waals surface area contributed by atoms with Gasteiger partial charge in [0, 0.05) is 11.6 Å². The van der Waals surface area contributed by atoms with Crippen LogP contribution in [-0.4, -0.2) is 16.2 Å². The molecule has 0 aliphatic carbocycles. The Morgan fingerprint density at radius 2 is 2.10 bits per heavy atom. The van der Waals surface area contributed by atoms with Crippen LogP contribution in [0.2, 0.25) is 0 Å². The van der Waals surface area contributed by atoms with Crippen molar-refractivity contribution in [2.24, 2.45) is 0 Å². The fourth-order valence-electron chi connectivity index (χ4n) is 1.93. The Balaban J connectivity index is 2.16. The summed E-state index contributed by atoms with van der Waals surface area (Å²) in [7, 11) is 0. The maximum Gasteiger partial charge on any atom is 0.328 e. The van der Waals surface area contributed by atoms with Crippen molar-refractivity contribution in [3.8, 4) is 5.75 Å². The van der Waals surface area contributed by atoms with E-state index in [1.165, 1.54) is 6.26 Å². The fraction of sp³-hybridized carbons (Fsp3) is 0.200. The number of rotatable bonds is 5. The van der Waals surface area contributed by atoms with Crippen LogP contribution in [0.4, 0.5) is 0 Å². The van der Waals surface area contributed by atoms with Crippen molar-refractivity contribution < 1.29 is 19.2 Å². The minimum Gasteiger partial charge on any atom is -0.488 e. The second kappa shape index (κ2) is 6.06. The Morgan fingerprint density at radius 3 is 2.65 bits per heavy atom. The lowest BCUT2D eigenvalue weighted by Gasteiger charge is -2.12. The molecule has 0 amide bonds. The first-order valence-corrected chi connectivity index (χ1v) is 6.09. The summed E-state index contributed by atoms with van der Waals surface area (Å²) in [5, 5.41) is 12.2. The third-order valence-corrected chi connectivity index (χ3v) is 2.77. The minimum atomic E-state index is -0.965. The lowest BCUT2D eigenvalue weighted by Crippen LogP contribution is -1.98.